The minimum Gasteiger partial charge on any atom is -0.493 e. The Morgan fingerprint density at radius 2 is 1.97 bits per heavy atom. The monoisotopic (exact) mass is 518 g/mol. The molecule has 0 bridgehead atoms. The summed E-state index contributed by atoms with van der Waals surface area (Å²) in [6.07, 6.45) is 5.02. The van der Waals surface area contributed by atoms with Crippen LogP contribution in [0.4, 0.5) is 0 Å². The van der Waals surface area contributed by atoms with Gasteiger partial charge >= 0.3 is 0 Å². The highest BCUT2D eigenvalue weighted by Crippen LogP contribution is 2.34. The van der Waals surface area contributed by atoms with Crippen LogP contribution in [0.1, 0.15) is 31.2 Å². The summed E-state index contributed by atoms with van der Waals surface area (Å²) in [6, 6.07) is 6.05. The molecule has 0 spiro atoms. The maximum absolute atomic E-state index is 6.31. The molecule has 1 aromatic rings. The molecule has 1 aliphatic heterocycles. The molecule has 0 radical (unpaired) electrons. The van der Waals surface area contributed by atoms with Crippen LogP contribution in [-0.4, -0.2) is 70.5 Å². The van der Waals surface area contributed by atoms with Crippen LogP contribution in [0.5, 0.6) is 11.5 Å². The normalized spacial score (nSPS) is 18.2. The van der Waals surface area contributed by atoms with Gasteiger partial charge in [0.15, 0.2) is 17.5 Å². The van der Waals surface area contributed by atoms with Gasteiger partial charge in [-0.15, -0.1) is 24.0 Å². The minimum atomic E-state index is 0. The molecule has 2 fully saturated rings. The van der Waals surface area contributed by atoms with Gasteiger partial charge in [-0.05, 0) is 31.7 Å². The van der Waals surface area contributed by atoms with E-state index in [1.807, 2.05) is 12.1 Å². The van der Waals surface area contributed by atoms with E-state index in [4.69, 9.17) is 14.2 Å². The van der Waals surface area contributed by atoms with E-state index < -0.39 is 0 Å². The minimum absolute atomic E-state index is 0. The van der Waals surface area contributed by atoms with Gasteiger partial charge in [0, 0.05) is 45.3 Å². The van der Waals surface area contributed by atoms with Gasteiger partial charge < -0.3 is 24.8 Å². The predicted octanol–water partition coefficient (Wildman–Crippen LogP) is 2.63. The zero-order chi connectivity index (χ0) is 19.6. The van der Waals surface area contributed by atoms with Crippen LogP contribution in [0.15, 0.2) is 23.2 Å². The molecule has 1 aliphatic carbocycles. The van der Waals surface area contributed by atoms with Crippen LogP contribution in [0.25, 0.3) is 0 Å². The number of nitrogens with zero attached hydrogens (tertiary/aromatic N) is 2. The van der Waals surface area contributed by atoms with Crippen LogP contribution in [0, 0.1) is 0 Å². The molecule has 1 heterocycles. The zero-order valence-electron chi connectivity index (χ0n) is 17.6. The molecule has 1 saturated heterocycles. The molecule has 1 saturated carbocycles. The highest BCUT2D eigenvalue weighted by Gasteiger charge is 2.20. The third-order valence-electron chi connectivity index (χ3n) is 5.36. The first-order chi connectivity index (χ1) is 13.8. The first kappa shape index (κ1) is 24.0. The number of methoxy groups -OCH3 is 1. The average molecular weight is 518 g/mol. The first-order valence-electron chi connectivity index (χ1n) is 10.4. The fraction of sp³-hybridized carbons (Fsp3) is 0.667. The molecule has 0 atom stereocenters. The Morgan fingerprint density at radius 1 is 1.21 bits per heavy atom. The number of hydrogen-bond donors (Lipinski definition) is 2. The number of nitrogens with one attached hydrogen (secondary N) is 2. The van der Waals surface area contributed by atoms with E-state index in [0.717, 1.165) is 75.3 Å². The zero-order valence-corrected chi connectivity index (χ0v) is 19.9. The van der Waals surface area contributed by atoms with Crippen LogP contribution in [0.2, 0.25) is 0 Å². The Kier molecular flexibility index (Phi) is 10.9. The Morgan fingerprint density at radius 3 is 2.66 bits per heavy atom. The summed E-state index contributed by atoms with van der Waals surface area (Å²) in [4.78, 5) is 6.74. The van der Waals surface area contributed by atoms with Crippen LogP contribution in [-0.2, 0) is 11.3 Å². The standard InChI is InChI=1S/C21H34N4O3.HI/c1-22-21(23-10-11-25-12-14-27-15-13-25)24-16-17-6-5-9-19(26-2)20(17)28-18-7-3-4-8-18;/h5-6,9,18H,3-4,7-8,10-16H2,1-2H3,(H2,22,23,24);1H. The van der Waals surface area contributed by atoms with Gasteiger partial charge in [0.1, 0.15) is 0 Å². The summed E-state index contributed by atoms with van der Waals surface area (Å²) in [6.45, 7) is 6.12. The molecule has 2 N–H and O–H groups in total. The molecule has 0 unspecified atom stereocenters. The van der Waals surface area contributed by atoms with E-state index >= 15 is 0 Å². The summed E-state index contributed by atoms with van der Waals surface area (Å²) in [5.41, 5.74) is 1.09. The van der Waals surface area contributed by atoms with E-state index in [-0.39, 0.29) is 24.0 Å². The lowest BCUT2D eigenvalue weighted by atomic mass is 10.1. The maximum Gasteiger partial charge on any atom is 0.191 e. The third kappa shape index (κ3) is 7.49. The highest BCUT2D eigenvalue weighted by molar-refractivity contribution is 14.0. The van der Waals surface area contributed by atoms with Crippen LogP contribution < -0.4 is 20.1 Å². The van der Waals surface area contributed by atoms with Gasteiger partial charge in [-0.1, -0.05) is 12.1 Å². The number of hydrogen-bond acceptors (Lipinski definition) is 5. The quantitative estimate of drug-likeness (QED) is 0.314. The van der Waals surface area contributed by atoms with Crippen molar-refractivity contribution in [3.63, 3.8) is 0 Å². The Bertz CT molecular complexity index is 632. The molecule has 8 heteroatoms. The summed E-state index contributed by atoms with van der Waals surface area (Å²) < 4.78 is 17.3. The molecule has 1 aromatic carbocycles. The van der Waals surface area contributed by atoms with Gasteiger partial charge in [-0.3, -0.25) is 9.89 Å². The fourth-order valence-corrected chi connectivity index (χ4v) is 3.72. The Labute approximate surface area is 191 Å². The number of rotatable bonds is 8. The molecular formula is C21H35IN4O3. The van der Waals surface area contributed by atoms with Crippen molar-refractivity contribution in [2.24, 2.45) is 4.99 Å². The largest absolute Gasteiger partial charge is 0.493 e. The molecule has 0 amide bonds. The van der Waals surface area contributed by atoms with Crippen molar-refractivity contribution in [2.75, 3.05) is 53.6 Å². The predicted molar refractivity (Wildman–Crippen MR) is 127 cm³/mol. The highest BCUT2D eigenvalue weighted by atomic mass is 127. The molecule has 29 heavy (non-hydrogen) atoms. The van der Waals surface area contributed by atoms with Gasteiger partial charge in [0.25, 0.3) is 0 Å². The van der Waals surface area contributed by atoms with E-state index in [1.54, 1.807) is 14.2 Å². The van der Waals surface area contributed by atoms with Crippen LogP contribution >= 0.6 is 24.0 Å². The number of aliphatic imine (C=N–C) groups is 1. The second-order valence-corrected chi connectivity index (χ2v) is 7.28. The van der Waals surface area contributed by atoms with Crippen molar-refractivity contribution in [3.05, 3.63) is 23.8 Å². The van der Waals surface area contributed by atoms with Crippen molar-refractivity contribution in [3.8, 4) is 11.5 Å². The van der Waals surface area contributed by atoms with E-state index in [1.165, 1.54) is 12.8 Å². The average Bonchev–Trinajstić information content (AvgIpc) is 3.25. The SMILES string of the molecule is CN=C(NCCN1CCOCC1)NCc1cccc(OC)c1OC1CCCC1.I. The lowest BCUT2D eigenvalue weighted by Gasteiger charge is -2.26. The third-order valence-corrected chi connectivity index (χ3v) is 5.36. The number of benzene rings is 1. The second-order valence-electron chi connectivity index (χ2n) is 7.28. The number of ether oxygens (including phenoxy) is 3. The summed E-state index contributed by atoms with van der Waals surface area (Å²) in [7, 11) is 3.49. The number of para-hydroxylation sites is 1. The Hall–Kier alpha value is -1.26. The van der Waals surface area contributed by atoms with E-state index in [9.17, 15) is 0 Å². The second kappa shape index (κ2) is 13.1. The maximum atomic E-state index is 6.31. The summed E-state index contributed by atoms with van der Waals surface area (Å²) in [5, 5.41) is 6.79. The molecule has 164 valence electrons. The van der Waals surface area contributed by atoms with Gasteiger partial charge in [-0.25, -0.2) is 0 Å². The molecular weight excluding hydrogens is 483 g/mol. The first-order valence-corrected chi connectivity index (χ1v) is 10.4. The van der Waals surface area contributed by atoms with Crippen LogP contribution in [0.3, 0.4) is 0 Å². The summed E-state index contributed by atoms with van der Waals surface area (Å²) >= 11 is 0. The molecule has 0 aromatic heterocycles. The molecule has 3 rings (SSSR count). The Balaban J connectivity index is 0.00000300. The fourth-order valence-electron chi connectivity index (χ4n) is 3.72. The van der Waals surface area contributed by atoms with Gasteiger partial charge in [0.05, 0.1) is 26.4 Å². The topological polar surface area (TPSA) is 67.4 Å². The molecule has 2 aliphatic rings. The van der Waals surface area contributed by atoms with E-state index in [0.29, 0.717) is 12.6 Å². The van der Waals surface area contributed by atoms with Gasteiger partial charge in [-0.2, -0.15) is 0 Å². The number of halogens is 1. The molecule has 7 nitrogen and oxygen atoms in total. The smallest absolute Gasteiger partial charge is 0.191 e. The van der Waals surface area contributed by atoms with Crippen molar-refractivity contribution >= 4 is 29.9 Å². The summed E-state index contributed by atoms with van der Waals surface area (Å²) in [5.74, 6) is 2.44. The lowest BCUT2D eigenvalue weighted by Crippen LogP contribution is -2.44. The number of morpholine rings is 1. The lowest BCUT2D eigenvalue weighted by molar-refractivity contribution is 0.0389. The van der Waals surface area contributed by atoms with Crippen molar-refractivity contribution in [2.45, 2.75) is 38.3 Å². The van der Waals surface area contributed by atoms with Crippen molar-refractivity contribution in [1.82, 2.24) is 15.5 Å². The van der Waals surface area contributed by atoms with Crippen molar-refractivity contribution in [1.29, 1.82) is 0 Å². The van der Waals surface area contributed by atoms with Crippen molar-refractivity contribution < 1.29 is 14.2 Å². The van der Waals surface area contributed by atoms with Gasteiger partial charge in [0.2, 0.25) is 0 Å². The number of guanidine groups is 1. The van der Waals surface area contributed by atoms with E-state index in [2.05, 4.69) is 26.6 Å².